The van der Waals surface area contributed by atoms with Crippen molar-refractivity contribution in [3.05, 3.63) is 89.9 Å². The van der Waals surface area contributed by atoms with Crippen LogP contribution in [0.15, 0.2) is 77.2 Å². The highest BCUT2D eigenvalue weighted by Gasteiger charge is 2.12. The molecular formula is C24H19N3O3. The van der Waals surface area contributed by atoms with E-state index in [9.17, 15) is 4.79 Å². The first-order valence-corrected chi connectivity index (χ1v) is 9.62. The monoisotopic (exact) mass is 397 g/mol. The first kappa shape index (κ1) is 18.0. The smallest absolute Gasteiger partial charge is 0.272 e. The minimum atomic E-state index is -0.225. The van der Waals surface area contributed by atoms with Crippen molar-refractivity contribution in [1.82, 2.24) is 9.97 Å². The van der Waals surface area contributed by atoms with Gasteiger partial charge in [0.15, 0.2) is 11.5 Å². The van der Waals surface area contributed by atoms with Gasteiger partial charge in [-0.05, 0) is 42.0 Å². The lowest BCUT2D eigenvalue weighted by Crippen LogP contribution is -2.12. The topological polar surface area (TPSA) is 80.1 Å². The molecule has 0 fully saturated rings. The van der Waals surface area contributed by atoms with E-state index in [1.165, 1.54) is 0 Å². The molecule has 5 aromatic rings. The molecule has 0 radical (unpaired) electrons. The van der Waals surface area contributed by atoms with Gasteiger partial charge in [0, 0.05) is 29.6 Å². The summed E-state index contributed by atoms with van der Waals surface area (Å²) in [6, 6.07) is 22.9. The maximum absolute atomic E-state index is 12.7. The number of rotatable bonds is 5. The third-order valence-electron chi connectivity index (χ3n) is 4.84. The second kappa shape index (κ2) is 7.40. The summed E-state index contributed by atoms with van der Waals surface area (Å²) in [4.78, 5) is 20.2. The van der Waals surface area contributed by atoms with Crippen molar-refractivity contribution in [1.29, 1.82) is 0 Å². The van der Waals surface area contributed by atoms with Crippen LogP contribution in [0.4, 0.5) is 5.69 Å². The van der Waals surface area contributed by atoms with Gasteiger partial charge in [-0.15, -0.1) is 0 Å². The SMILES string of the molecule is Cc1nc2cc(NC(=O)c3cc4ccc(OCc5ccccc5)cc4[nH]3)ccc2o1. The Morgan fingerprint density at radius 2 is 1.93 bits per heavy atom. The van der Waals surface area contributed by atoms with E-state index in [2.05, 4.69) is 15.3 Å². The van der Waals surface area contributed by atoms with Crippen molar-refractivity contribution in [2.24, 2.45) is 0 Å². The number of hydrogen-bond acceptors (Lipinski definition) is 4. The van der Waals surface area contributed by atoms with Gasteiger partial charge in [-0.2, -0.15) is 0 Å². The zero-order valence-electron chi connectivity index (χ0n) is 16.3. The summed E-state index contributed by atoms with van der Waals surface area (Å²) in [5.41, 5.74) is 4.48. The Balaban J connectivity index is 1.32. The molecule has 1 amide bonds. The van der Waals surface area contributed by atoms with E-state index in [1.54, 1.807) is 25.1 Å². The van der Waals surface area contributed by atoms with Crippen molar-refractivity contribution in [3.63, 3.8) is 0 Å². The number of fused-ring (bicyclic) bond motifs is 2. The van der Waals surface area contributed by atoms with Gasteiger partial charge in [-0.1, -0.05) is 30.3 Å². The summed E-state index contributed by atoms with van der Waals surface area (Å²) in [5, 5.41) is 3.84. The molecule has 2 heterocycles. The number of H-pyrrole nitrogens is 1. The number of aryl methyl sites for hydroxylation is 1. The molecule has 0 aliphatic carbocycles. The third-order valence-corrected chi connectivity index (χ3v) is 4.84. The fourth-order valence-corrected chi connectivity index (χ4v) is 3.38. The number of nitrogens with one attached hydrogen (secondary N) is 2. The highest BCUT2D eigenvalue weighted by atomic mass is 16.5. The minimum absolute atomic E-state index is 0.225. The van der Waals surface area contributed by atoms with Crippen molar-refractivity contribution in [3.8, 4) is 5.75 Å². The number of aromatic nitrogens is 2. The Morgan fingerprint density at radius 1 is 1.07 bits per heavy atom. The predicted octanol–water partition coefficient (Wildman–Crippen LogP) is 5.45. The van der Waals surface area contributed by atoms with Gasteiger partial charge < -0.3 is 19.5 Å². The maximum atomic E-state index is 12.7. The molecule has 0 spiro atoms. The van der Waals surface area contributed by atoms with E-state index in [1.807, 2.05) is 54.6 Å². The molecular weight excluding hydrogens is 378 g/mol. The molecule has 30 heavy (non-hydrogen) atoms. The Morgan fingerprint density at radius 3 is 2.80 bits per heavy atom. The molecule has 148 valence electrons. The molecule has 2 aromatic heterocycles. The van der Waals surface area contributed by atoms with Crippen LogP contribution < -0.4 is 10.1 Å². The number of nitrogens with zero attached hydrogens (tertiary/aromatic N) is 1. The summed E-state index contributed by atoms with van der Waals surface area (Å²) < 4.78 is 11.3. The first-order valence-electron chi connectivity index (χ1n) is 9.62. The van der Waals surface area contributed by atoms with Crippen LogP contribution in [0.1, 0.15) is 21.9 Å². The molecule has 0 saturated carbocycles. The second-order valence-electron chi connectivity index (χ2n) is 7.08. The van der Waals surface area contributed by atoms with Crippen LogP contribution in [0.3, 0.4) is 0 Å². The van der Waals surface area contributed by atoms with E-state index in [4.69, 9.17) is 9.15 Å². The quantitative estimate of drug-likeness (QED) is 0.413. The van der Waals surface area contributed by atoms with Crippen LogP contribution in [-0.4, -0.2) is 15.9 Å². The summed E-state index contributed by atoms with van der Waals surface area (Å²) in [6.45, 7) is 2.28. The van der Waals surface area contributed by atoms with Gasteiger partial charge in [0.1, 0.15) is 23.6 Å². The molecule has 5 rings (SSSR count). The van der Waals surface area contributed by atoms with Crippen LogP contribution >= 0.6 is 0 Å². The molecule has 0 aliphatic rings. The lowest BCUT2D eigenvalue weighted by molar-refractivity contribution is 0.102. The number of carbonyl (C=O) groups is 1. The van der Waals surface area contributed by atoms with Crippen LogP contribution in [0.2, 0.25) is 0 Å². The van der Waals surface area contributed by atoms with E-state index in [0.29, 0.717) is 35.0 Å². The lowest BCUT2D eigenvalue weighted by Gasteiger charge is -2.06. The normalized spacial score (nSPS) is 11.1. The zero-order chi connectivity index (χ0) is 20.5. The van der Waals surface area contributed by atoms with Gasteiger partial charge in [-0.3, -0.25) is 4.79 Å². The summed E-state index contributed by atoms with van der Waals surface area (Å²) in [6.07, 6.45) is 0. The molecule has 6 nitrogen and oxygen atoms in total. The predicted molar refractivity (Wildman–Crippen MR) is 116 cm³/mol. The van der Waals surface area contributed by atoms with E-state index in [-0.39, 0.29) is 5.91 Å². The average molecular weight is 397 g/mol. The number of anilines is 1. The van der Waals surface area contributed by atoms with E-state index < -0.39 is 0 Å². The van der Waals surface area contributed by atoms with Gasteiger partial charge in [0.05, 0.1) is 0 Å². The van der Waals surface area contributed by atoms with Crippen molar-refractivity contribution >= 4 is 33.6 Å². The van der Waals surface area contributed by atoms with Gasteiger partial charge in [-0.25, -0.2) is 4.98 Å². The number of ether oxygens (including phenoxy) is 1. The summed E-state index contributed by atoms with van der Waals surface area (Å²) in [7, 11) is 0. The highest BCUT2D eigenvalue weighted by molar-refractivity contribution is 6.06. The van der Waals surface area contributed by atoms with Gasteiger partial charge in [0.25, 0.3) is 5.91 Å². The first-order chi connectivity index (χ1) is 14.6. The van der Waals surface area contributed by atoms with Crippen molar-refractivity contribution in [2.75, 3.05) is 5.32 Å². The number of carbonyl (C=O) groups excluding carboxylic acids is 1. The lowest BCUT2D eigenvalue weighted by atomic mass is 10.2. The molecule has 0 unspecified atom stereocenters. The fraction of sp³-hybridized carbons (Fsp3) is 0.0833. The molecule has 0 atom stereocenters. The minimum Gasteiger partial charge on any atom is -0.489 e. The fourth-order valence-electron chi connectivity index (χ4n) is 3.38. The number of aromatic amines is 1. The van der Waals surface area contributed by atoms with E-state index >= 15 is 0 Å². The molecule has 6 heteroatoms. The average Bonchev–Trinajstić information content (AvgIpc) is 3.34. The molecule has 3 aromatic carbocycles. The summed E-state index contributed by atoms with van der Waals surface area (Å²) >= 11 is 0. The maximum Gasteiger partial charge on any atom is 0.272 e. The largest absolute Gasteiger partial charge is 0.489 e. The van der Waals surface area contributed by atoms with Crippen LogP contribution in [0.25, 0.3) is 22.0 Å². The van der Waals surface area contributed by atoms with Gasteiger partial charge >= 0.3 is 0 Å². The molecule has 2 N–H and O–H groups in total. The third kappa shape index (κ3) is 3.63. The standard InChI is InChI=1S/C24H19N3O3/c1-15-25-21-12-18(8-10-23(21)30-15)26-24(28)22-11-17-7-9-19(13-20(17)27-22)29-14-16-5-3-2-4-6-16/h2-13,27H,14H2,1H3,(H,26,28). The Hall–Kier alpha value is -4.06. The van der Waals surface area contributed by atoms with Crippen LogP contribution in [-0.2, 0) is 6.61 Å². The van der Waals surface area contributed by atoms with Crippen molar-refractivity contribution in [2.45, 2.75) is 13.5 Å². The van der Waals surface area contributed by atoms with Crippen LogP contribution in [0.5, 0.6) is 5.75 Å². The Labute approximate surface area is 172 Å². The van der Waals surface area contributed by atoms with Crippen LogP contribution in [0, 0.1) is 6.92 Å². The number of oxazole rings is 1. The molecule has 0 bridgehead atoms. The second-order valence-corrected chi connectivity index (χ2v) is 7.08. The van der Waals surface area contributed by atoms with Crippen molar-refractivity contribution < 1.29 is 13.9 Å². The van der Waals surface area contributed by atoms with E-state index in [0.717, 1.165) is 22.2 Å². The number of benzene rings is 3. The number of amides is 1. The summed E-state index contributed by atoms with van der Waals surface area (Å²) in [5.74, 6) is 1.11. The Kier molecular flexibility index (Phi) is 4.44. The highest BCUT2D eigenvalue weighted by Crippen LogP contribution is 2.24. The zero-order valence-corrected chi connectivity index (χ0v) is 16.3. The van der Waals surface area contributed by atoms with Gasteiger partial charge in [0.2, 0.25) is 0 Å². The molecule has 0 saturated heterocycles. The number of hydrogen-bond donors (Lipinski definition) is 2. The Bertz CT molecular complexity index is 1350. The molecule has 0 aliphatic heterocycles.